The average molecular weight is 306 g/mol. The third kappa shape index (κ3) is 7.11. The van der Waals surface area contributed by atoms with E-state index in [9.17, 15) is 9.59 Å². The SMILES string of the molecule is CCCCC[C@H](C)NC(=O)COc1ccccc1NC(C)=O. The first-order chi connectivity index (χ1) is 10.5. The van der Waals surface area contributed by atoms with Gasteiger partial charge >= 0.3 is 0 Å². The minimum Gasteiger partial charge on any atom is -0.482 e. The molecule has 1 aromatic rings. The van der Waals surface area contributed by atoms with Gasteiger partial charge in [0.15, 0.2) is 6.61 Å². The summed E-state index contributed by atoms with van der Waals surface area (Å²) in [7, 11) is 0. The van der Waals surface area contributed by atoms with E-state index in [1.54, 1.807) is 24.3 Å². The predicted molar refractivity (Wildman–Crippen MR) is 88.0 cm³/mol. The van der Waals surface area contributed by atoms with E-state index in [0.29, 0.717) is 11.4 Å². The summed E-state index contributed by atoms with van der Waals surface area (Å²) in [6.45, 7) is 5.53. The highest BCUT2D eigenvalue weighted by Gasteiger charge is 2.10. The fourth-order valence-corrected chi connectivity index (χ4v) is 2.12. The predicted octanol–water partition coefficient (Wildman–Crippen LogP) is 3.11. The van der Waals surface area contributed by atoms with E-state index in [-0.39, 0.29) is 24.5 Å². The van der Waals surface area contributed by atoms with Crippen molar-refractivity contribution in [3.63, 3.8) is 0 Å². The molecule has 1 atom stereocenters. The van der Waals surface area contributed by atoms with Crippen LogP contribution in [0, 0.1) is 0 Å². The van der Waals surface area contributed by atoms with Crippen LogP contribution in [0.4, 0.5) is 5.69 Å². The normalized spacial score (nSPS) is 11.6. The Hall–Kier alpha value is -2.04. The minimum absolute atomic E-state index is 0.0608. The van der Waals surface area contributed by atoms with Crippen molar-refractivity contribution in [2.45, 2.75) is 52.5 Å². The van der Waals surface area contributed by atoms with E-state index in [1.165, 1.54) is 19.8 Å². The second kappa shape index (κ2) is 9.82. The van der Waals surface area contributed by atoms with E-state index in [2.05, 4.69) is 17.6 Å². The second-order valence-corrected chi connectivity index (χ2v) is 5.43. The number of nitrogens with one attached hydrogen (secondary N) is 2. The maximum absolute atomic E-state index is 11.9. The summed E-state index contributed by atoms with van der Waals surface area (Å²) < 4.78 is 5.50. The first-order valence-corrected chi connectivity index (χ1v) is 7.81. The van der Waals surface area contributed by atoms with Crippen molar-refractivity contribution in [3.8, 4) is 5.75 Å². The molecule has 0 heterocycles. The van der Waals surface area contributed by atoms with Crippen LogP contribution in [0.1, 0.15) is 46.5 Å². The lowest BCUT2D eigenvalue weighted by Crippen LogP contribution is -2.36. The van der Waals surface area contributed by atoms with Crippen molar-refractivity contribution in [1.82, 2.24) is 5.32 Å². The van der Waals surface area contributed by atoms with Gasteiger partial charge in [-0.05, 0) is 25.5 Å². The number of amides is 2. The van der Waals surface area contributed by atoms with Crippen molar-refractivity contribution < 1.29 is 14.3 Å². The number of anilines is 1. The van der Waals surface area contributed by atoms with Crippen molar-refractivity contribution >= 4 is 17.5 Å². The van der Waals surface area contributed by atoms with Crippen LogP contribution in [-0.2, 0) is 9.59 Å². The van der Waals surface area contributed by atoms with Crippen LogP contribution in [0.3, 0.4) is 0 Å². The number of benzene rings is 1. The Balaban J connectivity index is 2.42. The zero-order valence-corrected chi connectivity index (χ0v) is 13.6. The molecule has 0 saturated heterocycles. The minimum atomic E-state index is -0.176. The number of para-hydroxylation sites is 2. The molecule has 1 aromatic carbocycles. The van der Waals surface area contributed by atoms with Gasteiger partial charge in [-0.2, -0.15) is 0 Å². The molecule has 0 unspecified atom stereocenters. The monoisotopic (exact) mass is 306 g/mol. The van der Waals surface area contributed by atoms with Gasteiger partial charge in [-0.1, -0.05) is 38.3 Å². The Morgan fingerprint density at radius 1 is 1.23 bits per heavy atom. The van der Waals surface area contributed by atoms with Crippen LogP contribution in [-0.4, -0.2) is 24.5 Å². The summed E-state index contributed by atoms with van der Waals surface area (Å²) in [6.07, 6.45) is 4.44. The van der Waals surface area contributed by atoms with Gasteiger partial charge in [0.05, 0.1) is 5.69 Å². The van der Waals surface area contributed by atoms with Gasteiger partial charge in [0, 0.05) is 13.0 Å². The maximum atomic E-state index is 11.9. The molecule has 0 saturated carbocycles. The van der Waals surface area contributed by atoms with Crippen molar-refractivity contribution in [2.75, 3.05) is 11.9 Å². The first-order valence-electron chi connectivity index (χ1n) is 7.81. The van der Waals surface area contributed by atoms with Gasteiger partial charge in [0.1, 0.15) is 5.75 Å². The highest BCUT2D eigenvalue weighted by molar-refractivity contribution is 5.90. The molecule has 5 nitrogen and oxygen atoms in total. The number of ether oxygens (including phenoxy) is 1. The molecule has 0 aliphatic carbocycles. The summed E-state index contributed by atoms with van der Waals surface area (Å²) in [4.78, 5) is 23.0. The van der Waals surface area contributed by atoms with E-state index in [4.69, 9.17) is 4.74 Å². The Kier molecular flexibility index (Phi) is 8.04. The Morgan fingerprint density at radius 3 is 2.64 bits per heavy atom. The third-order valence-corrected chi connectivity index (χ3v) is 3.20. The molecule has 5 heteroatoms. The molecule has 0 bridgehead atoms. The maximum Gasteiger partial charge on any atom is 0.258 e. The molecular formula is C17H26N2O3. The molecule has 0 spiro atoms. The van der Waals surface area contributed by atoms with Crippen molar-refractivity contribution in [2.24, 2.45) is 0 Å². The van der Waals surface area contributed by atoms with Crippen LogP contribution < -0.4 is 15.4 Å². The number of carbonyl (C=O) groups excluding carboxylic acids is 2. The fourth-order valence-electron chi connectivity index (χ4n) is 2.12. The highest BCUT2D eigenvalue weighted by atomic mass is 16.5. The van der Waals surface area contributed by atoms with Gasteiger partial charge in [-0.15, -0.1) is 0 Å². The van der Waals surface area contributed by atoms with Crippen LogP contribution in [0.5, 0.6) is 5.75 Å². The van der Waals surface area contributed by atoms with Gasteiger partial charge in [0.25, 0.3) is 5.91 Å². The molecule has 2 amide bonds. The lowest BCUT2D eigenvalue weighted by atomic mass is 10.1. The number of rotatable bonds is 9. The van der Waals surface area contributed by atoms with Crippen molar-refractivity contribution in [1.29, 1.82) is 0 Å². The molecular weight excluding hydrogens is 280 g/mol. The molecule has 2 N–H and O–H groups in total. The summed E-state index contributed by atoms with van der Waals surface area (Å²) in [5.41, 5.74) is 0.568. The third-order valence-electron chi connectivity index (χ3n) is 3.20. The number of carbonyl (C=O) groups is 2. The first kappa shape index (κ1) is 18.0. The number of hydrogen-bond acceptors (Lipinski definition) is 3. The summed E-state index contributed by atoms with van der Waals surface area (Å²) in [6, 6.07) is 7.21. The average Bonchev–Trinajstić information content (AvgIpc) is 2.46. The summed E-state index contributed by atoms with van der Waals surface area (Å²) in [5.74, 6) is 0.165. The second-order valence-electron chi connectivity index (χ2n) is 5.43. The lowest BCUT2D eigenvalue weighted by molar-refractivity contribution is -0.123. The summed E-state index contributed by atoms with van der Waals surface area (Å²) in [5, 5.41) is 5.59. The van der Waals surface area contributed by atoms with Crippen LogP contribution in [0.2, 0.25) is 0 Å². The zero-order chi connectivity index (χ0) is 16.4. The van der Waals surface area contributed by atoms with E-state index >= 15 is 0 Å². The molecule has 0 aliphatic rings. The van der Waals surface area contributed by atoms with Gasteiger partial charge in [-0.3, -0.25) is 9.59 Å². The summed E-state index contributed by atoms with van der Waals surface area (Å²) >= 11 is 0. The standard InChI is InChI=1S/C17H26N2O3/c1-4-5-6-9-13(2)18-17(21)12-22-16-11-8-7-10-15(16)19-14(3)20/h7-8,10-11,13H,4-6,9,12H2,1-3H3,(H,18,21)(H,19,20)/t13-/m0/s1. The van der Waals surface area contributed by atoms with E-state index in [1.807, 2.05) is 6.92 Å². The molecule has 122 valence electrons. The zero-order valence-electron chi connectivity index (χ0n) is 13.6. The van der Waals surface area contributed by atoms with E-state index in [0.717, 1.165) is 12.8 Å². The van der Waals surface area contributed by atoms with Crippen LogP contribution in [0.25, 0.3) is 0 Å². The van der Waals surface area contributed by atoms with Crippen molar-refractivity contribution in [3.05, 3.63) is 24.3 Å². The number of hydrogen-bond donors (Lipinski definition) is 2. The Labute approximate surface area is 132 Å². The molecule has 0 radical (unpaired) electrons. The molecule has 0 fully saturated rings. The molecule has 22 heavy (non-hydrogen) atoms. The van der Waals surface area contributed by atoms with Crippen LogP contribution >= 0.6 is 0 Å². The number of unbranched alkanes of at least 4 members (excludes halogenated alkanes) is 2. The van der Waals surface area contributed by atoms with Gasteiger partial charge in [-0.25, -0.2) is 0 Å². The highest BCUT2D eigenvalue weighted by Crippen LogP contribution is 2.23. The van der Waals surface area contributed by atoms with Gasteiger partial charge in [0.2, 0.25) is 5.91 Å². The van der Waals surface area contributed by atoms with E-state index < -0.39 is 0 Å². The van der Waals surface area contributed by atoms with Crippen LogP contribution in [0.15, 0.2) is 24.3 Å². The smallest absolute Gasteiger partial charge is 0.258 e. The van der Waals surface area contributed by atoms with Gasteiger partial charge < -0.3 is 15.4 Å². The quantitative estimate of drug-likeness (QED) is 0.689. The molecule has 1 rings (SSSR count). The molecule has 0 aromatic heterocycles. The molecule has 0 aliphatic heterocycles. The largest absolute Gasteiger partial charge is 0.482 e. The lowest BCUT2D eigenvalue weighted by Gasteiger charge is -2.15. The Morgan fingerprint density at radius 2 is 1.95 bits per heavy atom. The fraction of sp³-hybridized carbons (Fsp3) is 0.529. The topological polar surface area (TPSA) is 67.4 Å². The Bertz CT molecular complexity index is 489.